The van der Waals surface area contributed by atoms with Gasteiger partial charge in [0.05, 0.1) is 6.10 Å². The van der Waals surface area contributed by atoms with Crippen LogP contribution in [0.5, 0.6) is 0 Å². The molecule has 92 valence electrons. The Morgan fingerprint density at radius 3 is 2.94 bits per heavy atom. The molecular weight excluding hydrogens is 284 g/mol. The fraction of sp³-hybridized carbons (Fsp3) is 0.500. The summed E-state index contributed by atoms with van der Waals surface area (Å²) in [5, 5.41) is 2.78. The molecule has 0 saturated carbocycles. The zero-order chi connectivity index (χ0) is 12.4. The average molecular weight is 299 g/mol. The lowest BCUT2D eigenvalue weighted by atomic mass is 10.2. The van der Waals surface area contributed by atoms with Crippen LogP contribution >= 0.6 is 15.9 Å². The molecule has 1 saturated heterocycles. The zero-order valence-electron chi connectivity index (χ0n) is 9.87. The van der Waals surface area contributed by atoms with E-state index in [0.29, 0.717) is 5.82 Å². The van der Waals surface area contributed by atoms with Crippen LogP contribution in [0.2, 0.25) is 0 Å². The van der Waals surface area contributed by atoms with Crippen molar-refractivity contribution in [2.75, 3.05) is 5.32 Å². The number of amides is 1. The maximum Gasteiger partial charge on any atom is 0.254 e. The number of carbonyl (C=O) groups is 1. The molecule has 0 aromatic carbocycles. The number of nitrogens with one attached hydrogen (secondary N) is 1. The van der Waals surface area contributed by atoms with Crippen LogP contribution in [0, 0.1) is 6.92 Å². The molecular formula is C12H15BrN2O2. The number of carbonyl (C=O) groups excluding carboxylic acids is 1. The molecule has 0 radical (unpaired) electrons. The molecule has 1 aromatic rings. The van der Waals surface area contributed by atoms with E-state index < -0.39 is 0 Å². The lowest BCUT2D eigenvalue weighted by Gasteiger charge is -2.11. The Kier molecular flexibility index (Phi) is 3.79. The summed E-state index contributed by atoms with van der Waals surface area (Å²) in [6, 6.07) is 1.83. The van der Waals surface area contributed by atoms with Gasteiger partial charge in [-0.15, -0.1) is 0 Å². The summed E-state index contributed by atoms with van der Waals surface area (Å²) in [6.07, 6.45) is 3.23. The van der Waals surface area contributed by atoms with E-state index in [2.05, 4.69) is 26.2 Å². The SMILES string of the molecule is Cc1cc(NC(=O)C2CCC(C)O2)ncc1Br. The summed E-state index contributed by atoms with van der Waals surface area (Å²) in [5.41, 5.74) is 1.04. The van der Waals surface area contributed by atoms with Gasteiger partial charge in [-0.1, -0.05) is 0 Å². The first kappa shape index (κ1) is 12.5. The van der Waals surface area contributed by atoms with Crippen LogP contribution in [0.4, 0.5) is 5.82 Å². The minimum Gasteiger partial charge on any atom is -0.365 e. The van der Waals surface area contributed by atoms with Gasteiger partial charge in [-0.25, -0.2) is 4.98 Å². The second-order valence-corrected chi connectivity index (χ2v) is 5.18. The normalized spacial score (nSPS) is 23.7. The number of rotatable bonds is 2. The molecule has 1 fully saturated rings. The van der Waals surface area contributed by atoms with E-state index in [0.717, 1.165) is 22.9 Å². The highest BCUT2D eigenvalue weighted by Gasteiger charge is 2.28. The summed E-state index contributed by atoms with van der Waals surface area (Å²) < 4.78 is 6.43. The number of aryl methyl sites for hydroxylation is 1. The van der Waals surface area contributed by atoms with Crippen molar-refractivity contribution in [1.82, 2.24) is 4.98 Å². The van der Waals surface area contributed by atoms with E-state index in [1.807, 2.05) is 19.9 Å². The Morgan fingerprint density at radius 2 is 2.35 bits per heavy atom. The summed E-state index contributed by atoms with van der Waals surface area (Å²) in [5.74, 6) is 0.461. The molecule has 1 amide bonds. The predicted molar refractivity (Wildman–Crippen MR) is 68.9 cm³/mol. The van der Waals surface area contributed by atoms with E-state index in [1.54, 1.807) is 6.20 Å². The van der Waals surface area contributed by atoms with Crippen molar-refractivity contribution in [3.63, 3.8) is 0 Å². The molecule has 1 aromatic heterocycles. The summed E-state index contributed by atoms with van der Waals surface area (Å²) >= 11 is 3.37. The van der Waals surface area contributed by atoms with Crippen LogP contribution < -0.4 is 5.32 Å². The minimum absolute atomic E-state index is 0.108. The van der Waals surface area contributed by atoms with Gasteiger partial charge in [0.25, 0.3) is 5.91 Å². The summed E-state index contributed by atoms with van der Waals surface area (Å²) in [7, 11) is 0. The van der Waals surface area contributed by atoms with Crippen LogP contribution in [0.25, 0.3) is 0 Å². The van der Waals surface area contributed by atoms with Crippen molar-refractivity contribution in [3.05, 3.63) is 22.3 Å². The van der Waals surface area contributed by atoms with Crippen molar-refractivity contribution in [3.8, 4) is 0 Å². The van der Waals surface area contributed by atoms with E-state index in [-0.39, 0.29) is 18.1 Å². The van der Waals surface area contributed by atoms with Gasteiger partial charge in [0.1, 0.15) is 11.9 Å². The first-order valence-electron chi connectivity index (χ1n) is 5.64. The Balaban J connectivity index is 2.00. The lowest BCUT2D eigenvalue weighted by Crippen LogP contribution is -2.28. The number of pyridine rings is 1. The van der Waals surface area contributed by atoms with Crippen LogP contribution in [-0.4, -0.2) is 23.1 Å². The molecule has 1 aliphatic rings. The smallest absolute Gasteiger partial charge is 0.254 e. The van der Waals surface area contributed by atoms with Gasteiger partial charge >= 0.3 is 0 Å². The zero-order valence-corrected chi connectivity index (χ0v) is 11.5. The largest absolute Gasteiger partial charge is 0.365 e. The molecule has 2 unspecified atom stereocenters. The van der Waals surface area contributed by atoms with Gasteiger partial charge in [0, 0.05) is 10.7 Å². The van der Waals surface area contributed by atoms with Gasteiger partial charge in [-0.3, -0.25) is 4.79 Å². The van der Waals surface area contributed by atoms with Gasteiger partial charge in [0.2, 0.25) is 0 Å². The number of ether oxygens (including phenoxy) is 1. The second kappa shape index (κ2) is 5.14. The molecule has 2 heterocycles. The van der Waals surface area contributed by atoms with Crippen molar-refractivity contribution in [2.24, 2.45) is 0 Å². The second-order valence-electron chi connectivity index (χ2n) is 4.32. The van der Waals surface area contributed by atoms with Crippen LogP contribution in [0.3, 0.4) is 0 Å². The monoisotopic (exact) mass is 298 g/mol. The Morgan fingerprint density at radius 1 is 1.59 bits per heavy atom. The predicted octanol–water partition coefficient (Wildman–Crippen LogP) is 2.66. The molecule has 1 aliphatic heterocycles. The third-order valence-electron chi connectivity index (χ3n) is 2.82. The van der Waals surface area contributed by atoms with Gasteiger partial charge in [-0.2, -0.15) is 0 Å². The van der Waals surface area contributed by atoms with Crippen LogP contribution in [0.15, 0.2) is 16.7 Å². The van der Waals surface area contributed by atoms with Crippen molar-refractivity contribution < 1.29 is 9.53 Å². The highest BCUT2D eigenvalue weighted by Crippen LogP contribution is 2.21. The summed E-state index contributed by atoms with van der Waals surface area (Å²) in [4.78, 5) is 16.0. The number of hydrogen-bond acceptors (Lipinski definition) is 3. The molecule has 0 aliphatic carbocycles. The van der Waals surface area contributed by atoms with Gasteiger partial charge < -0.3 is 10.1 Å². The van der Waals surface area contributed by atoms with Crippen LogP contribution in [-0.2, 0) is 9.53 Å². The number of anilines is 1. The Hall–Kier alpha value is -0.940. The topological polar surface area (TPSA) is 51.2 Å². The van der Waals surface area contributed by atoms with Gasteiger partial charge in [0.15, 0.2) is 0 Å². The summed E-state index contributed by atoms with van der Waals surface area (Å²) in [6.45, 7) is 3.94. The van der Waals surface area contributed by atoms with Crippen molar-refractivity contribution in [2.45, 2.75) is 38.9 Å². The van der Waals surface area contributed by atoms with Gasteiger partial charge in [-0.05, 0) is 54.2 Å². The number of aromatic nitrogens is 1. The highest BCUT2D eigenvalue weighted by molar-refractivity contribution is 9.10. The molecule has 2 rings (SSSR count). The number of halogens is 1. The number of nitrogens with zero attached hydrogens (tertiary/aromatic N) is 1. The molecule has 5 heteroatoms. The maximum absolute atomic E-state index is 11.9. The quantitative estimate of drug-likeness (QED) is 0.913. The Bertz CT molecular complexity index is 437. The van der Waals surface area contributed by atoms with E-state index in [1.165, 1.54) is 0 Å². The molecule has 1 N–H and O–H groups in total. The van der Waals surface area contributed by atoms with E-state index in [4.69, 9.17) is 4.74 Å². The Labute approximate surface area is 109 Å². The average Bonchev–Trinajstić information content (AvgIpc) is 2.70. The molecule has 17 heavy (non-hydrogen) atoms. The van der Waals surface area contributed by atoms with Crippen molar-refractivity contribution >= 4 is 27.7 Å². The lowest BCUT2D eigenvalue weighted by molar-refractivity contribution is -0.126. The first-order chi connectivity index (χ1) is 8.06. The first-order valence-corrected chi connectivity index (χ1v) is 6.44. The minimum atomic E-state index is -0.337. The fourth-order valence-corrected chi connectivity index (χ4v) is 2.03. The highest BCUT2D eigenvalue weighted by atomic mass is 79.9. The van der Waals surface area contributed by atoms with Crippen LogP contribution in [0.1, 0.15) is 25.3 Å². The number of hydrogen-bond donors (Lipinski definition) is 1. The molecule has 2 atom stereocenters. The third kappa shape index (κ3) is 3.04. The van der Waals surface area contributed by atoms with E-state index in [9.17, 15) is 4.79 Å². The fourth-order valence-electron chi connectivity index (χ4n) is 1.81. The molecule has 4 nitrogen and oxygen atoms in total. The van der Waals surface area contributed by atoms with Crippen molar-refractivity contribution in [1.29, 1.82) is 0 Å². The molecule has 0 spiro atoms. The maximum atomic E-state index is 11.9. The van der Waals surface area contributed by atoms with E-state index >= 15 is 0 Å². The standard InChI is InChI=1S/C12H15BrN2O2/c1-7-5-11(14-6-9(7)13)15-12(16)10-4-3-8(2)17-10/h5-6,8,10H,3-4H2,1-2H3,(H,14,15,16). The molecule has 0 bridgehead atoms. The third-order valence-corrected chi connectivity index (χ3v) is 3.65.